The van der Waals surface area contributed by atoms with Crippen LogP contribution in [0.3, 0.4) is 0 Å². The van der Waals surface area contributed by atoms with Crippen LogP contribution in [0.5, 0.6) is 0 Å². The highest BCUT2D eigenvalue weighted by Gasteiger charge is 2.67. The summed E-state index contributed by atoms with van der Waals surface area (Å²) in [5.74, 6) is 0.768. The van der Waals surface area contributed by atoms with Gasteiger partial charge in [-0.05, 0) is 85.0 Å². The predicted molar refractivity (Wildman–Crippen MR) is 120 cm³/mol. The Morgan fingerprint density at radius 1 is 0.968 bits per heavy atom. The molecule has 156 valence electrons. The van der Waals surface area contributed by atoms with Gasteiger partial charge < -0.3 is 5.32 Å². The molecular weight excluding hydrogens is 456 g/mol. The van der Waals surface area contributed by atoms with Gasteiger partial charge in [-0.15, -0.1) is 0 Å². The van der Waals surface area contributed by atoms with Crippen LogP contribution in [0.25, 0.3) is 0 Å². The Kier molecular flexibility index (Phi) is 4.06. The van der Waals surface area contributed by atoms with E-state index in [1.165, 1.54) is 4.90 Å². The van der Waals surface area contributed by atoms with E-state index in [9.17, 15) is 14.4 Å². The second-order valence-electron chi connectivity index (χ2n) is 9.13. The fourth-order valence-electron chi connectivity index (χ4n) is 5.94. The summed E-state index contributed by atoms with van der Waals surface area (Å²) in [6, 6.07) is 12.4. The van der Waals surface area contributed by atoms with E-state index in [1.54, 1.807) is 24.3 Å². The Morgan fingerprint density at radius 3 is 2.16 bits per heavy atom. The summed E-state index contributed by atoms with van der Waals surface area (Å²) >= 11 is 3.42. The number of halogens is 1. The van der Waals surface area contributed by atoms with E-state index >= 15 is 0 Å². The molecule has 6 atom stereocenters. The number of nitrogens with one attached hydrogen (secondary N) is 1. The van der Waals surface area contributed by atoms with Crippen LogP contribution < -0.4 is 10.2 Å². The van der Waals surface area contributed by atoms with Gasteiger partial charge in [-0.2, -0.15) is 0 Å². The number of aryl methyl sites for hydroxylation is 1. The van der Waals surface area contributed by atoms with E-state index < -0.39 is 0 Å². The average Bonchev–Trinajstić information content (AvgIpc) is 3.54. The molecule has 2 bridgehead atoms. The minimum atomic E-state index is -0.230. The van der Waals surface area contributed by atoms with E-state index in [-0.39, 0.29) is 41.4 Å². The monoisotopic (exact) mass is 476 g/mol. The minimum Gasteiger partial charge on any atom is -0.322 e. The minimum absolute atomic E-state index is 0.0811. The van der Waals surface area contributed by atoms with E-state index in [2.05, 4.69) is 33.4 Å². The summed E-state index contributed by atoms with van der Waals surface area (Å²) in [5.41, 5.74) is 2.73. The lowest BCUT2D eigenvalue weighted by Gasteiger charge is -2.37. The lowest BCUT2D eigenvalue weighted by molar-refractivity contribution is -0.124. The first-order chi connectivity index (χ1) is 14.9. The lowest BCUT2D eigenvalue weighted by atomic mass is 9.63. The van der Waals surface area contributed by atoms with Gasteiger partial charge in [-0.1, -0.05) is 28.1 Å². The van der Waals surface area contributed by atoms with Crippen molar-refractivity contribution >= 4 is 45.0 Å². The fourth-order valence-corrected chi connectivity index (χ4v) is 6.41. The van der Waals surface area contributed by atoms with Crippen molar-refractivity contribution in [3.8, 4) is 0 Å². The van der Waals surface area contributed by atoms with Crippen molar-refractivity contribution in [1.82, 2.24) is 0 Å². The second kappa shape index (κ2) is 6.63. The number of hydrogen-bond donors (Lipinski definition) is 1. The molecule has 1 aliphatic heterocycles. The number of imide groups is 1. The average molecular weight is 477 g/mol. The van der Waals surface area contributed by atoms with E-state index in [0.29, 0.717) is 23.1 Å². The Bertz CT molecular complexity index is 1140. The molecule has 5 aliphatic rings. The summed E-state index contributed by atoms with van der Waals surface area (Å²) in [6.07, 6.45) is 5.50. The predicted octanol–water partition coefficient (Wildman–Crippen LogP) is 4.57. The van der Waals surface area contributed by atoms with Crippen LogP contribution >= 0.6 is 15.9 Å². The van der Waals surface area contributed by atoms with Crippen molar-refractivity contribution < 1.29 is 14.4 Å². The molecule has 4 aliphatic carbocycles. The number of hydrogen-bond acceptors (Lipinski definition) is 3. The zero-order valence-electron chi connectivity index (χ0n) is 16.9. The molecule has 2 saturated carbocycles. The van der Waals surface area contributed by atoms with Gasteiger partial charge in [-0.25, -0.2) is 0 Å². The SMILES string of the molecule is Cc1cc(Br)ccc1NC(=O)c1ccc(N2C(=O)[C@@H]3[C@@H]4C=C[C@H]([C@H]5C[C@H]45)[C@@H]3C2=O)cc1. The van der Waals surface area contributed by atoms with Crippen molar-refractivity contribution in [2.45, 2.75) is 13.3 Å². The summed E-state index contributed by atoms with van der Waals surface area (Å²) < 4.78 is 0.953. The summed E-state index contributed by atoms with van der Waals surface area (Å²) in [4.78, 5) is 40.5. The highest BCUT2D eigenvalue weighted by atomic mass is 79.9. The maximum atomic E-state index is 13.2. The van der Waals surface area contributed by atoms with Crippen LogP contribution in [0.15, 0.2) is 59.1 Å². The van der Waals surface area contributed by atoms with Crippen LogP contribution in [0, 0.1) is 42.4 Å². The molecule has 5 nitrogen and oxygen atoms in total. The smallest absolute Gasteiger partial charge is 0.255 e. The van der Waals surface area contributed by atoms with Crippen LogP contribution in [-0.2, 0) is 9.59 Å². The number of benzene rings is 2. The highest BCUT2D eigenvalue weighted by Crippen LogP contribution is 2.65. The highest BCUT2D eigenvalue weighted by molar-refractivity contribution is 9.10. The number of nitrogens with zero attached hydrogens (tertiary/aromatic N) is 1. The quantitative estimate of drug-likeness (QED) is 0.521. The van der Waals surface area contributed by atoms with Crippen LogP contribution in [-0.4, -0.2) is 17.7 Å². The maximum Gasteiger partial charge on any atom is 0.255 e. The molecule has 3 fully saturated rings. The van der Waals surface area contributed by atoms with Crippen molar-refractivity contribution in [2.24, 2.45) is 35.5 Å². The topological polar surface area (TPSA) is 66.5 Å². The van der Waals surface area contributed by atoms with Gasteiger partial charge in [0.05, 0.1) is 17.5 Å². The third-order valence-corrected chi connectivity index (χ3v) is 7.98. The van der Waals surface area contributed by atoms with Gasteiger partial charge in [0.2, 0.25) is 11.8 Å². The first kappa shape index (κ1) is 19.0. The Morgan fingerprint density at radius 2 is 1.58 bits per heavy atom. The molecule has 3 amide bonds. The maximum absolute atomic E-state index is 13.2. The van der Waals surface area contributed by atoms with Gasteiger partial charge in [0, 0.05) is 15.7 Å². The van der Waals surface area contributed by atoms with Crippen molar-refractivity contribution in [2.75, 3.05) is 10.2 Å². The van der Waals surface area contributed by atoms with Crippen LogP contribution in [0.2, 0.25) is 0 Å². The largest absolute Gasteiger partial charge is 0.322 e. The molecule has 7 rings (SSSR count). The number of amides is 3. The lowest BCUT2D eigenvalue weighted by Crippen LogP contribution is -2.40. The standard InChI is InChI=1S/C25H21BrN2O3/c1-12-10-14(26)4-9-20(12)27-23(29)13-2-5-15(6-3-13)28-24(30)21-16-7-8-17(19-11-18(16)19)22(21)25(28)31/h2-10,16-19,21-22H,11H2,1H3,(H,27,29)/t16-,17-,18-,19-,21-,22+/m1/s1. The van der Waals surface area contributed by atoms with Crippen molar-refractivity contribution in [3.05, 3.63) is 70.2 Å². The van der Waals surface area contributed by atoms with Gasteiger partial charge in [0.15, 0.2) is 0 Å². The number of carbonyl (C=O) groups is 3. The summed E-state index contributed by atoms with van der Waals surface area (Å²) in [5, 5.41) is 2.91. The number of rotatable bonds is 3. The van der Waals surface area contributed by atoms with E-state index in [1.807, 2.05) is 25.1 Å². The molecule has 1 saturated heterocycles. The zero-order chi connectivity index (χ0) is 21.4. The molecule has 0 aromatic heterocycles. The molecule has 1 N–H and O–H groups in total. The van der Waals surface area contributed by atoms with Gasteiger partial charge in [0.1, 0.15) is 0 Å². The Hall–Kier alpha value is -2.73. The zero-order valence-corrected chi connectivity index (χ0v) is 18.5. The first-order valence-corrected chi connectivity index (χ1v) is 11.5. The molecule has 6 heteroatoms. The summed E-state index contributed by atoms with van der Waals surface area (Å²) in [7, 11) is 0. The number of allylic oxidation sites excluding steroid dienone is 2. The van der Waals surface area contributed by atoms with Gasteiger partial charge >= 0.3 is 0 Å². The van der Waals surface area contributed by atoms with E-state index in [0.717, 1.165) is 22.1 Å². The van der Waals surface area contributed by atoms with Crippen molar-refractivity contribution in [1.29, 1.82) is 0 Å². The van der Waals surface area contributed by atoms with Gasteiger partial charge in [0.25, 0.3) is 5.91 Å². The number of anilines is 2. The fraction of sp³-hybridized carbons (Fsp3) is 0.320. The third kappa shape index (κ3) is 2.77. The second-order valence-corrected chi connectivity index (χ2v) is 10.0. The number of carbonyl (C=O) groups excluding carboxylic acids is 3. The first-order valence-electron chi connectivity index (χ1n) is 10.7. The molecular formula is C25H21BrN2O3. The van der Waals surface area contributed by atoms with E-state index in [4.69, 9.17) is 0 Å². The third-order valence-electron chi connectivity index (χ3n) is 7.49. The molecule has 2 aromatic carbocycles. The molecule has 2 aromatic rings. The molecule has 0 unspecified atom stereocenters. The Balaban J connectivity index is 1.23. The molecule has 0 radical (unpaired) electrons. The molecule has 31 heavy (non-hydrogen) atoms. The summed E-state index contributed by atoms with van der Waals surface area (Å²) in [6.45, 7) is 1.93. The molecule has 0 spiro atoms. The van der Waals surface area contributed by atoms with Gasteiger partial charge in [-0.3, -0.25) is 19.3 Å². The Labute approximate surface area is 188 Å². The van der Waals surface area contributed by atoms with Crippen LogP contribution in [0.1, 0.15) is 22.3 Å². The van der Waals surface area contributed by atoms with Crippen molar-refractivity contribution in [3.63, 3.8) is 0 Å². The molecule has 1 heterocycles. The van der Waals surface area contributed by atoms with Crippen LogP contribution in [0.4, 0.5) is 11.4 Å². The normalized spacial score (nSPS) is 32.1.